The SMILES string of the molecule is O=C(O)c1ccc(-c2ccc(C3CCCCC3)cc2)o1. The Morgan fingerprint density at radius 3 is 2.30 bits per heavy atom. The average molecular weight is 270 g/mol. The minimum absolute atomic E-state index is 0.0173. The van der Waals surface area contributed by atoms with Crippen molar-refractivity contribution >= 4 is 5.97 Å². The van der Waals surface area contributed by atoms with Crippen LogP contribution in [0.5, 0.6) is 0 Å². The van der Waals surface area contributed by atoms with E-state index in [2.05, 4.69) is 12.1 Å². The summed E-state index contributed by atoms with van der Waals surface area (Å²) in [7, 11) is 0. The first-order chi connectivity index (χ1) is 9.74. The molecule has 0 aliphatic heterocycles. The Bertz CT molecular complexity index is 589. The number of carboxylic acids is 1. The lowest BCUT2D eigenvalue weighted by atomic mass is 9.84. The van der Waals surface area contributed by atoms with Crippen LogP contribution in [0.3, 0.4) is 0 Å². The second-order valence-electron chi connectivity index (χ2n) is 5.43. The molecule has 104 valence electrons. The van der Waals surface area contributed by atoms with Gasteiger partial charge < -0.3 is 9.52 Å². The van der Waals surface area contributed by atoms with E-state index in [-0.39, 0.29) is 5.76 Å². The summed E-state index contributed by atoms with van der Waals surface area (Å²) in [6.07, 6.45) is 6.57. The Morgan fingerprint density at radius 1 is 1.00 bits per heavy atom. The summed E-state index contributed by atoms with van der Waals surface area (Å²) in [5, 5.41) is 8.87. The molecule has 2 aromatic rings. The molecule has 3 heteroatoms. The van der Waals surface area contributed by atoms with E-state index in [0.29, 0.717) is 11.7 Å². The molecule has 0 spiro atoms. The van der Waals surface area contributed by atoms with E-state index in [4.69, 9.17) is 9.52 Å². The van der Waals surface area contributed by atoms with E-state index in [1.165, 1.54) is 43.7 Å². The van der Waals surface area contributed by atoms with Crippen LogP contribution < -0.4 is 0 Å². The predicted octanol–water partition coefficient (Wildman–Crippen LogP) is 4.69. The highest BCUT2D eigenvalue weighted by Gasteiger charge is 2.16. The molecule has 1 aromatic heterocycles. The van der Waals surface area contributed by atoms with Crippen LogP contribution in [0.25, 0.3) is 11.3 Å². The second kappa shape index (κ2) is 5.53. The lowest BCUT2D eigenvalue weighted by molar-refractivity contribution is 0.0663. The molecule has 1 aromatic carbocycles. The van der Waals surface area contributed by atoms with E-state index >= 15 is 0 Å². The van der Waals surface area contributed by atoms with Crippen LogP contribution in [0.1, 0.15) is 54.1 Å². The summed E-state index contributed by atoms with van der Waals surface area (Å²) in [5.74, 6) is 0.244. The second-order valence-corrected chi connectivity index (χ2v) is 5.43. The smallest absolute Gasteiger partial charge is 0.371 e. The lowest BCUT2D eigenvalue weighted by Crippen LogP contribution is -2.04. The molecule has 1 N–H and O–H groups in total. The summed E-state index contributed by atoms with van der Waals surface area (Å²) in [4.78, 5) is 10.8. The van der Waals surface area contributed by atoms with Crippen molar-refractivity contribution in [2.24, 2.45) is 0 Å². The summed E-state index contributed by atoms with van der Waals surface area (Å²) < 4.78 is 5.32. The first kappa shape index (κ1) is 13.0. The van der Waals surface area contributed by atoms with Gasteiger partial charge in [-0.15, -0.1) is 0 Å². The van der Waals surface area contributed by atoms with Gasteiger partial charge in [0.1, 0.15) is 5.76 Å². The van der Waals surface area contributed by atoms with Gasteiger partial charge in [0.05, 0.1) is 0 Å². The van der Waals surface area contributed by atoms with Crippen LogP contribution in [0.15, 0.2) is 40.8 Å². The highest BCUT2D eigenvalue weighted by molar-refractivity contribution is 5.85. The quantitative estimate of drug-likeness (QED) is 0.880. The van der Waals surface area contributed by atoms with Gasteiger partial charge in [-0.2, -0.15) is 0 Å². The Morgan fingerprint density at radius 2 is 1.70 bits per heavy atom. The normalized spacial score (nSPS) is 16.2. The highest BCUT2D eigenvalue weighted by Crippen LogP contribution is 2.33. The molecule has 0 atom stereocenters. The van der Waals surface area contributed by atoms with Crippen LogP contribution in [0, 0.1) is 0 Å². The van der Waals surface area contributed by atoms with Crippen molar-refractivity contribution in [2.45, 2.75) is 38.0 Å². The molecule has 1 aliphatic rings. The lowest BCUT2D eigenvalue weighted by Gasteiger charge is -2.21. The van der Waals surface area contributed by atoms with Crippen molar-refractivity contribution in [2.75, 3.05) is 0 Å². The standard InChI is InChI=1S/C17H18O3/c18-17(19)16-11-10-15(20-16)14-8-6-13(7-9-14)12-4-2-1-3-5-12/h6-12H,1-5H2,(H,18,19). The minimum atomic E-state index is -1.03. The van der Waals surface area contributed by atoms with E-state index in [1.807, 2.05) is 12.1 Å². The molecule has 0 bridgehead atoms. The maximum atomic E-state index is 10.8. The number of benzene rings is 1. The molecule has 20 heavy (non-hydrogen) atoms. The maximum Gasteiger partial charge on any atom is 0.371 e. The third-order valence-electron chi connectivity index (χ3n) is 4.09. The molecule has 1 heterocycles. The Hall–Kier alpha value is -2.03. The number of aromatic carboxylic acids is 1. The van der Waals surface area contributed by atoms with Gasteiger partial charge in [-0.05, 0) is 36.5 Å². The van der Waals surface area contributed by atoms with E-state index in [1.54, 1.807) is 6.07 Å². The molecule has 0 radical (unpaired) electrons. The third kappa shape index (κ3) is 2.62. The van der Waals surface area contributed by atoms with Crippen molar-refractivity contribution in [3.8, 4) is 11.3 Å². The Kier molecular flexibility index (Phi) is 3.59. The highest BCUT2D eigenvalue weighted by atomic mass is 16.4. The molecule has 1 aliphatic carbocycles. The summed E-state index contributed by atoms with van der Waals surface area (Å²) >= 11 is 0. The van der Waals surface area contributed by atoms with Gasteiger partial charge in [-0.25, -0.2) is 4.79 Å². The van der Waals surface area contributed by atoms with Gasteiger partial charge in [0.25, 0.3) is 0 Å². The first-order valence-electron chi connectivity index (χ1n) is 7.17. The molecule has 3 nitrogen and oxygen atoms in total. The van der Waals surface area contributed by atoms with E-state index in [9.17, 15) is 4.79 Å². The fraction of sp³-hybridized carbons (Fsp3) is 0.353. The topological polar surface area (TPSA) is 50.4 Å². The number of carbonyl (C=O) groups is 1. The predicted molar refractivity (Wildman–Crippen MR) is 76.9 cm³/mol. The van der Waals surface area contributed by atoms with E-state index < -0.39 is 5.97 Å². The van der Waals surface area contributed by atoms with Crippen molar-refractivity contribution in [1.82, 2.24) is 0 Å². The van der Waals surface area contributed by atoms with Crippen LogP contribution >= 0.6 is 0 Å². The van der Waals surface area contributed by atoms with Gasteiger partial charge in [-0.3, -0.25) is 0 Å². The number of carboxylic acid groups (broad SMARTS) is 1. The average Bonchev–Trinajstić information content (AvgIpc) is 2.98. The van der Waals surface area contributed by atoms with E-state index in [0.717, 1.165) is 5.56 Å². The molecule has 0 amide bonds. The van der Waals surface area contributed by atoms with Crippen molar-refractivity contribution < 1.29 is 14.3 Å². The van der Waals surface area contributed by atoms with Gasteiger partial charge in [-0.1, -0.05) is 43.5 Å². The zero-order valence-corrected chi connectivity index (χ0v) is 11.3. The zero-order valence-electron chi connectivity index (χ0n) is 11.3. The maximum absolute atomic E-state index is 10.8. The fourth-order valence-electron chi connectivity index (χ4n) is 2.96. The largest absolute Gasteiger partial charge is 0.475 e. The van der Waals surface area contributed by atoms with Crippen LogP contribution in [-0.2, 0) is 0 Å². The Labute approximate surface area is 118 Å². The molecule has 0 saturated heterocycles. The summed E-state index contributed by atoms with van der Waals surface area (Å²) in [5.41, 5.74) is 2.32. The van der Waals surface area contributed by atoms with Crippen LogP contribution in [0.2, 0.25) is 0 Å². The van der Waals surface area contributed by atoms with Gasteiger partial charge in [0, 0.05) is 5.56 Å². The summed E-state index contributed by atoms with van der Waals surface area (Å²) in [6, 6.07) is 11.5. The zero-order chi connectivity index (χ0) is 13.9. The van der Waals surface area contributed by atoms with Crippen molar-refractivity contribution in [3.05, 3.63) is 47.7 Å². The monoisotopic (exact) mass is 270 g/mol. The first-order valence-corrected chi connectivity index (χ1v) is 7.17. The van der Waals surface area contributed by atoms with Gasteiger partial charge >= 0.3 is 5.97 Å². The van der Waals surface area contributed by atoms with Crippen LogP contribution in [0.4, 0.5) is 0 Å². The minimum Gasteiger partial charge on any atom is -0.475 e. The molecule has 1 fully saturated rings. The molecule has 3 rings (SSSR count). The number of furan rings is 1. The van der Waals surface area contributed by atoms with Crippen molar-refractivity contribution in [3.63, 3.8) is 0 Å². The van der Waals surface area contributed by atoms with Crippen LogP contribution in [-0.4, -0.2) is 11.1 Å². The summed E-state index contributed by atoms with van der Waals surface area (Å²) in [6.45, 7) is 0. The number of hydrogen-bond donors (Lipinski definition) is 1. The number of rotatable bonds is 3. The third-order valence-corrected chi connectivity index (χ3v) is 4.09. The fourth-order valence-corrected chi connectivity index (χ4v) is 2.96. The molecule has 0 unspecified atom stereocenters. The molecular weight excluding hydrogens is 252 g/mol. The van der Waals surface area contributed by atoms with Gasteiger partial charge in [0.15, 0.2) is 0 Å². The van der Waals surface area contributed by atoms with Gasteiger partial charge in [0.2, 0.25) is 5.76 Å². The molecule has 1 saturated carbocycles. The Balaban J connectivity index is 1.79. The number of hydrogen-bond acceptors (Lipinski definition) is 2. The van der Waals surface area contributed by atoms with Crippen molar-refractivity contribution in [1.29, 1.82) is 0 Å². The molecular formula is C17H18O3.